The molecule has 0 spiro atoms. The summed E-state index contributed by atoms with van der Waals surface area (Å²) in [5, 5.41) is 0. The normalized spacial score (nSPS) is 16.4. The maximum Gasteiger partial charge on any atom is 0.191 e. The zero-order valence-electron chi connectivity index (χ0n) is 12.3. The summed E-state index contributed by atoms with van der Waals surface area (Å²) in [4.78, 5) is 11.1. The fourth-order valence-corrected chi connectivity index (χ4v) is 3.18. The minimum Gasteiger partial charge on any atom is -0.496 e. The molecule has 1 aromatic heterocycles. The number of guanidine groups is 1. The Morgan fingerprint density at radius 1 is 1.45 bits per heavy atom. The molecule has 0 radical (unpaired) electrons. The second-order valence-electron chi connectivity index (χ2n) is 4.82. The minimum absolute atomic E-state index is 0.498. The van der Waals surface area contributed by atoms with E-state index >= 15 is 0 Å². The maximum atomic E-state index is 6.05. The molecule has 0 amide bonds. The monoisotopic (exact) mass is 294 g/mol. The molecular weight excluding hydrogens is 272 g/mol. The summed E-state index contributed by atoms with van der Waals surface area (Å²) in [7, 11) is 1.68. The third-order valence-corrected chi connectivity index (χ3v) is 4.42. The van der Waals surface area contributed by atoms with E-state index in [1.54, 1.807) is 7.11 Å². The van der Waals surface area contributed by atoms with Crippen molar-refractivity contribution >= 4 is 17.7 Å². The Morgan fingerprint density at radius 3 is 2.80 bits per heavy atom. The predicted molar refractivity (Wildman–Crippen MR) is 84.5 cm³/mol. The fourth-order valence-electron chi connectivity index (χ4n) is 2.28. The lowest BCUT2D eigenvalue weighted by atomic mass is 10.1. The topological polar surface area (TPSA) is 63.7 Å². The van der Waals surface area contributed by atoms with Crippen molar-refractivity contribution in [3.8, 4) is 5.75 Å². The number of hydrogen-bond acceptors (Lipinski definition) is 4. The van der Waals surface area contributed by atoms with Crippen molar-refractivity contribution in [3.05, 3.63) is 23.0 Å². The summed E-state index contributed by atoms with van der Waals surface area (Å²) in [6.07, 6.45) is 1.82. The lowest BCUT2D eigenvalue weighted by Gasteiger charge is -2.27. The zero-order chi connectivity index (χ0) is 14.5. The van der Waals surface area contributed by atoms with E-state index in [2.05, 4.69) is 14.9 Å². The van der Waals surface area contributed by atoms with E-state index in [1.807, 2.05) is 31.8 Å². The lowest BCUT2D eigenvalue weighted by molar-refractivity contribution is 0.407. The molecule has 5 nitrogen and oxygen atoms in total. The van der Waals surface area contributed by atoms with Gasteiger partial charge in [-0.25, -0.2) is 4.99 Å². The number of methoxy groups -OCH3 is 1. The average Bonchev–Trinajstić information content (AvgIpc) is 2.47. The maximum absolute atomic E-state index is 6.05. The van der Waals surface area contributed by atoms with Crippen LogP contribution in [0, 0.1) is 13.8 Å². The number of thioether (sulfide) groups is 1. The van der Waals surface area contributed by atoms with Gasteiger partial charge in [-0.05, 0) is 13.8 Å². The van der Waals surface area contributed by atoms with E-state index in [4.69, 9.17) is 10.5 Å². The summed E-state index contributed by atoms with van der Waals surface area (Å²) in [5.74, 6) is 3.74. The standard InChI is InChI=1S/C14H22N4OS/c1-10-8-16-12(11(2)13(10)19-3)9-17-14(15)18-4-6-20-7-5-18/h8H,4-7,9H2,1-3H3,(H2,15,17). The first-order valence-corrected chi connectivity index (χ1v) is 7.90. The van der Waals surface area contributed by atoms with Crippen LogP contribution in [0.2, 0.25) is 0 Å². The van der Waals surface area contributed by atoms with Gasteiger partial charge < -0.3 is 15.4 Å². The Hall–Kier alpha value is -1.43. The molecule has 1 fully saturated rings. The number of aliphatic imine (C=N–C) groups is 1. The number of nitrogens with two attached hydrogens (primary N) is 1. The second-order valence-corrected chi connectivity index (χ2v) is 6.04. The molecule has 2 rings (SSSR count). The number of aryl methyl sites for hydroxylation is 1. The van der Waals surface area contributed by atoms with Crippen LogP contribution >= 0.6 is 11.8 Å². The second kappa shape index (κ2) is 6.83. The van der Waals surface area contributed by atoms with Crippen LogP contribution in [0.4, 0.5) is 0 Å². The van der Waals surface area contributed by atoms with E-state index in [-0.39, 0.29) is 0 Å². The van der Waals surface area contributed by atoms with Gasteiger partial charge >= 0.3 is 0 Å². The van der Waals surface area contributed by atoms with Crippen molar-refractivity contribution < 1.29 is 4.74 Å². The van der Waals surface area contributed by atoms with Gasteiger partial charge in [0.2, 0.25) is 0 Å². The molecule has 1 aliphatic rings. The Balaban J connectivity index is 2.10. The van der Waals surface area contributed by atoms with Gasteiger partial charge in [-0.1, -0.05) is 0 Å². The zero-order valence-corrected chi connectivity index (χ0v) is 13.2. The van der Waals surface area contributed by atoms with Gasteiger partial charge in [0.15, 0.2) is 5.96 Å². The molecule has 2 heterocycles. The highest BCUT2D eigenvalue weighted by atomic mass is 32.2. The van der Waals surface area contributed by atoms with E-state index in [0.717, 1.165) is 47.2 Å². The Labute approximate surface area is 124 Å². The van der Waals surface area contributed by atoms with Crippen LogP contribution in [-0.2, 0) is 6.54 Å². The van der Waals surface area contributed by atoms with Crippen LogP contribution in [0.1, 0.15) is 16.8 Å². The van der Waals surface area contributed by atoms with Gasteiger partial charge in [0, 0.05) is 41.9 Å². The highest BCUT2D eigenvalue weighted by molar-refractivity contribution is 7.99. The molecule has 1 aliphatic heterocycles. The van der Waals surface area contributed by atoms with Crippen molar-refractivity contribution in [2.45, 2.75) is 20.4 Å². The number of rotatable bonds is 3. The summed E-state index contributed by atoms with van der Waals surface area (Å²) < 4.78 is 5.41. The van der Waals surface area contributed by atoms with Gasteiger partial charge in [-0.3, -0.25) is 4.98 Å². The number of ether oxygens (including phenoxy) is 1. The SMILES string of the molecule is COc1c(C)cnc(CN=C(N)N2CCSCC2)c1C. The molecule has 0 atom stereocenters. The summed E-state index contributed by atoms with van der Waals surface area (Å²) in [6.45, 7) is 6.45. The number of nitrogens with zero attached hydrogens (tertiary/aromatic N) is 3. The first-order chi connectivity index (χ1) is 9.63. The first kappa shape index (κ1) is 15.0. The van der Waals surface area contributed by atoms with Crippen LogP contribution in [0.15, 0.2) is 11.2 Å². The highest BCUT2D eigenvalue weighted by Gasteiger charge is 2.13. The van der Waals surface area contributed by atoms with Crippen LogP contribution in [0.5, 0.6) is 5.75 Å². The molecule has 20 heavy (non-hydrogen) atoms. The lowest BCUT2D eigenvalue weighted by Crippen LogP contribution is -2.42. The van der Waals surface area contributed by atoms with Gasteiger partial charge in [0.05, 0.1) is 19.3 Å². The largest absolute Gasteiger partial charge is 0.496 e. The van der Waals surface area contributed by atoms with Gasteiger partial charge in [0.25, 0.3) is 0 Å². The van der Waals surface area contributed by atoms with Crippen molar-refractivity contribution in [1.29, 1.82) is 0 Å². The van der Waals surface area contributed by atoms with Crippen molar-refractivity contribution in [1.82, 2.24) is 9.88 Å². The first-order valence-electron chi connectivity index (χ1n) is 6.75. The molecule has 0 saturated carbocycles. The smallest absolute Gasteiger partial charge is 0.191 e. The Kier molecular flexibility index (Phi) is 5.11. The van der Waals surface area contributed by atoms with Gasteiger partial charge in [0.1, 0.15) is 5.75 Å². The van der Waals surface area contributed by atoms with Crippen LogP contribution < -0.4 is 10.5 Å². The molecule has 0 aromatic carbocycles. The fraction of sp³-hybridized carbons (Fsp3) is 0.571. The summed E-state index contributed by atoms with van der Waals surface area (Å²) in [6, 6.07) is 0. The van der Waals surface area contributed by atoms with Crippen LogP contribution in [0.25, 0.3) is 0 Å². The molecule has 1 aromatic rings. The number of aromatic nitrogens is 1. The molecule has 0 unspecified atom stereocenters. The van der Waals surface area contributed by atoms with E-state index < -0.39 is 0 Å². The molecule has 2 N–H and O–H groups in total. The molecule has 6 heteroatoms. The molecule has 0 aliphatic carbocycles. The van der Waals surface area contributed by atoms with Gasteiger partial charge in [-0.2, -0.15) is 11.8 Å². The average molecular weight is 294 g/mol. The third-order valence-electron chi connectivity index (χ3n) is 3.48. The highest BCUT2D eigenvalue weighted by Crippen LogP contribution is 2.24. The number of pyridine rings is 1. The minimum atomic E-state index is 0.498. The van der Waals surface area contributed by atoms with E-state index in [1.165, 1.54) is 0 Å². The van der Waals surface area contributed by atoms with Crippen molar-refractivity contribution in [2.24, 2.45) is 10.7 Å². The Bertz CT molecular complexity index is 498. The third kappa shape index (κ3) is 3.36. The van der Waals surface area contributed by atoms with Crippen molar-refractivity contribution in [3.63, 3.8) is 0 Å². The molecule has 1 saturated heterocycles. The van der Waals surface area contributed by atoms with E-state index in [9.17, 15) is 0 Å². The van der Waals surface area contributed by atoms with Crippen LogP contribution in [0.3, 0.4) is 0 Å². The summed E-state index contributed by atoms with van der Waals surface area (Å²) >= 11 is 1.96. The van der Waals surface area contributed by atoms with E-state index in [0.29, 0.717) is 12.5 Å². The molecule has 0 bridgehead atoms. The van der Waals surface area contributed by atoms with Crippen LogP contribution in [-0.4, -0.2) is 47.5 Å². The summed E-state index contributed by atoms with van der Waals surface area (Å²) in [5.41, 5.74) is 9.05. The van der Waals surface area contributed by atoms with Crippen molar-refractivity contribution in [2.75, 3.05) is 31.7 Å². The molecule has 110 valence electrons. The van der Waals surface area contributed by atoms with Gasteiger partial charge in [-0.15, -0.1) is 0 Å². The quantitative estimate of drug-likeness (QED) is 0.677. The molecular formula is C14H22N4OS. The predicted octanol–water partition coefficient (Wildman–Crippen LogP) is 1.57. The Morgan fingerprint density at radius 2 is 2.15 bits per heavy atom. The number of hydrogen-bond donors (Lipinski definition) is 1.